The highest BCUT2D eigenvalue weighted by molar-refractivity contribution is 7.91. The molecule has 0 amide bonds. The predicted molar refractivity (Wildman–Crippen MR) is 89.4 cm³/mol. The number of hydrogen-bond acceptors (Lipinski definition) is 4. The minimum atomic E-state index is -3.50. The monoisotopic (exact) mass is 356 g/mol. The lowest BCUT2D eigenvalue weighted by Crippen LogP contribution is -2.34. The Morgan fingerprint density at radius 2 is 1.65 bits per heavy atom. The van der Waals surface area contributed by atoms with Crippen LogP contribution in [0.4, 0.5) is 0 Å². The number of halogens is 1. The number of sulfone groups is 1. The second-order valence-electron chi connectivity index (χ2n) is 6.47. The van der Waals surface area contributed by atoms with Crippen LogP contribution >= 0.6 is 11.6 Å². The molecule has 0 radical (unpaired) electrons. The smallest absolute Gasteiger partial charge is 0.178 e. The summed E-state index contributed by atoms with van der Waals surface area (Å²) in [4.78, 5) is 24.1. The van der Waals surface area contributed by atoms with Crippen molar-refractivity contribution in [2.24, 2.45) is 11.3 Å². The van der Waals surface area contributed by atoms with Crippen LogP contribution in [-0.2, 0) is 19.4 Å². The van der Waals surface area contributed by atoms with Gasteiger partial charge in [0, 0.05) is 5.38 Å². The zero-order valence-corrected chi connectivity index (χ0v) is 15.1. The minimum Gasteiger partial charge on any atom is -0.299 e. The number of ketones is 2. The zero-order valence-electron chi connectivity index (χ0n) is 13.5. The van der Waals surface area contributed by atoms with Crippen LogP contribution in [0.2, 0.25) is 0 Å². The number of carbonyl (C=O) groups excluding carboxylic acids is 2. The van der Waals surface area contributed by atoms with E-state index in [1.165, 1.54) is 13.8 Å². The second-order valence-corrected chi connectivity index (χ2v) is 9.07. The predicted octanol–water partition coefficient (Wildman–Crippen LogP) is 2.95. The summed E-state index contributed by atoms with van der Waals surface area (Å²) in [5.74, 6) is -1.01. The average molecular weight is 357 g/mol. The number of alkyl halides is 1. The Morgan fingerprint density at radius 3 is 2.09 bits per heavy atom. The number of rotatable bonds is 5. The molecule has 0 N–H and O–H groups in total. The Hall–Kier alpha value is -1.20. The largest absolute Gasteiger partial charge is 0.299 e. The second kappa shape index (κ2) is 6.36. The van der Waals surface area contributed by atoms with Gasteiger partial charge in [-0.15, -0.1) is 11.6 Å². The molecular weight excluding hydrogens is 336 g/mol. The highest BCUT2D eigenvalue weighted by atomic mass is 35.5. The van der Waals surface area contributed by atoms with Gasteiger partial charge >= 0.3 is 0 Å². The van der Waals surface area contributed by atoms with Crippen molar-refractivity contribution < 1.29 is 18.0 Å². The van der Waals surface area contributed by atoms with Crippen LogP contribution in [0.1, 0.15) is 32.3 Å². The lowest BCUT2D eigenvalue weighted by atomic mass is 9.78. The Labute approximate surface area is 142 Å². The molecule has 1 aromatic rings. The molecule has 0 aromatic heterocycles. The highest BCUT2D eigenvalue weighted by Gasteiger charge is 2.52. The van der Waals surface area contributed by atoms with Crippen LogP contribution in [0.25, 0.3) is 0 Å². The standard InChI is InChI=1S/C17H21ClO4S/c1-11-4-6-15(7-5-11)23(21,22)10-14-8-17(12(2)19,13(3)20)9-16(14)18/h4-7,14,16H,8-10H2,1-3H3. The molecule has 1 aromatic carbocycles. The third kappa shape index (κ3) is 3.50. The fraction of sp³-hybridized carbons (Fsp3) is 0.529. The minimum absolute atomic E-state index is 0.146. The van der Waals surface area contributed by atoms with Gasteiger partial charge in [0.05, 0.1) is 16.1 Å². The summed E-state index contributed by atoms with van der Waals surface area (Å²) >= 11 is 6.30. The van der Waals surface area contributed by atoms with Gasteiger partial charge in [0.2, 0.25) is 0 Å². The van der Waals surface area contributed by atoms with E-state index in [0.717, 1.165) is 5.56 Å². The van der Waals surface area contributed by atoms with Crippen molar-refractivity contribution in [2.45, 2.75) is 43.9 Å². The van der Waals surface area contributed by atoms with Crippen LogP contribution in [0.15, 0.2) is 29.2 Å². The van der Waals surface area contributed by atoms with Gasteiger partial charge in [-0.1, -0.05) is 17.7 Å². The maximum Gasteiger partial charge on any atom is 0.178 e. The molecule has 1 saturated carbocycles. The van der Waals surface area contributed by atoms with Crippen molar-refractivity contribution in [1.82, 2.24) is 0 Å². The molecule has 1 aliphatic rings. The van der Waals surface area contributed by atoms with E-state index in [4.69, 9.17) is 11.6 Å². The fourth-order valence-corrected chi connectivity index (χ4v) is 5.47. The third-order valence-electron chi connectivity index (χ3n) is 4.83. The van der Waals surface area contributed by atoms with E-state index >= 15 is 0 Å². The van der Waals surface area contributed by atoms with Crippen molar-refractivity contribution in [1.29, 1.82) is 0 Å². The van der Waals surface area contributed by atoms with E-state index in [0.29, 0.717) is 0 Å². The van der Waals surface area contributed by atoms with Gasteiger partial charge in [-0.3, -0.25) is 9.59 Å². The van der Waals surface area contributed by atoms with Gasteiger partial charge in [-0.05, 0) is 51.7 Å². The molecule has 0 bridgehead atoms. The van der Waals surface area contributed by atoms with Crippen LogP contribution < -0.4 is 0 Å². The maximum atomic E-state index is 12.6. The molecule has 126 valence electrons. The van der Waals surface area contributed by atoms with Crippen LogP contribution in [0.3, 0.4) is 0 Å². The summed E-state index contributed by atoms with van der Waals surface area (Å²) in [5, 5.41) is -0.497. The molecule has 1 aliphatic carbocycles. The number of aryl methyl sites for hydroxylation is 1. The summed E-state index contributed by atoms with van der Waals surface area (Å²) in [7, 11) is -3.50. The molecule has 4 nitrogen and oxygen atoms in total. The first-order valence-corrected chi connectivity index (χ1v) is 9.63. The highest BCUT2D eigenvalue weighted by Crippen LogP contribution is 2.46. The number of hydrogen-bond donors (Lipinski definition) is 0. The molecule has 0 spiro atoms. The SMILES string of the molecule is CC(=O)C1(C(C)=O)CC(Cl)C(CS(=O)(=O)c2ccc(C)cc2)C1. The molecule has 2 rings (SSSR count). The first kappa shape index (κ1) is 18.1. The normalized spacial score (nSPS) is 23.7. The molecule has 2 atom stereocenters. The lowest BCUT2D eigenvalue weighted by molar-refractivity contribution is -0.138. The maximum absolute atomic E-state index is 12.6. The first-order chi connectivity index (χ1) is 10.6. The van der Waals surface area contributed by atoms with Gasteiger partial charge in [0.1, 0.15) is 11.6 Å². The third-order valence-corrected chi connectivity index (χ3v) is 7.20. The Morgan fingerprint density at radius 1 is 1.13 bits per heavy atom. The number of carbonyl (C=O) groups is 2. The van der Waals surface area contributed by atoms with Crippen LogP contribution in [-0.4, -0.2) is 31.1 Å². The zero-order chi connectivity index (χ0) is 17.4. The Kier molecular flexibility index (Phi) is 5.02. The van der Waals surface area contributed by atoms with Crippen LogP contribution in [0, 0.1) is 18.3 Å². The molecule has 1 fully saturated rings. The van der Waals surface area contributed by atoms with E-state index in [1.54, 1.807) is 24.3 Å². The van der Waals surface area contributed by atoms with Crippen molar-refractivity contribution in [2.75, 3.05) is 5.75 Å². The van der Waals surface area contributed by atoms with Gasteiger partial charge in [0.15, 0.2) is 9.84 Å². The molecule has 2 unspecified atom stereocenters. The first-order valence-electron chi connectivity index (χ1n) is 7.54. The van der Waals surface area contributed by atoms with Crippen molar-refractivity contribution >= 4 is 33.0 Å². The molecule has 0 saturated heterocycles. The Balaban J connectivity index is 2.25. The summed E-state index contributed by atoms with van der Waals surface area (Å²) in [6, 6.07) is 6.64. The molecule has 0 aliphatic heterocycles. The summed E-state index contributed by atoms with van der Waals surface area (Å²) in [6.07, 6.45) is 0.421. The summed E-state index contributed by atoms with van der Waals surface area (Å²) < 4.78 is 25.1. The van der Waals surface area contributed by atoms with Gasteiger partial charge < -0.3 is 0 Å². The Bertz CT molecular complexity index is 707. The molecule has 23 heavy (non-hydrogen) atoms. The number of benzene rings is 1. The topological polar surface area (TPSA) is 68.3 Å². The van der Waals surface area contributed by atoms with E-state index in [1.807, 2.05) is 6.92 Å². The molecule has 0 heterocycles. The molecular formula is C17H21ClO4S. The van der Waals surface area contributed by atoms with Crippen LogP contribution in [0.5, 0.6) is 0 Å². The summed E-state index contributed by atoms with van der Waals surface area (Å²) in [6.45, 7) is 4.64. The number of Topliss-reactive ketones (excluding diaryl/α,β-unsaturated/α-hetero) is 2. The summed E-state index contributed by atoms with van der Waals surface area (Å²) in [5.41, 5.74) is -0.146. The van der Waals surface area contributed by atoms with E-state index in [-0.39, 0.29) is 35.1 Å². The van der Waals surface area contributed by atoms with E-state index in [2.05, 4.69) is 0 Å². The van der Waals surface area contributed by atoms with Gasteiger partial charge in [-0.25, -0.2) is 8.42 Å². The van der Waals surface area contributed by atoms with Crippen molar-refractivity contribution in [3.05, 3.63) is 29.8 Å². The molecule has 6 heteroatoms. The van der Waals surface area contributed by atoms with Crippen molar-refractivity contribution in [3.63, 3.8) is 0 Å². The average Bonchev–Trinajstić information content (AvgIpc) is 2.77. The fourth-order valence-electron chi connectivity index (χ4n) is 3.27. The van der Waals surface area contributed by atoms with Gasteiger partial charge in [0.25, 0.3) is 0 Å². The van der Waals surface area contributed by atoms with Gasteiger partial charge in [-0.2, -0.15) is 0 Å². The van der Waals surface area contributed by atoms with E-state index in [9.17, 15) is 18.0 Å². The van der Waals surface area contributed by atoms with E-state index < -0.39 is 26.5 Å². The van der Waals surface area contributed by atoms with Crippen molar-refractivity contribution in [3.8, 4) is 0 Å². The lowest BCUT2D eigenvalue weighted by Gasteiger charge is -2.22. The quantitative estimate of drug-likeness (QED) is 0.600.